The van der Waals surface area contributed by atoms with Gasteiger partial charge >= 0.3 is 0 Å². The molecule has 0 aliphatic heterocycles. The predicted octanol–water partition coefficient (Wildman–Crippen LogP) is 5.36. The Labute approximate surface area is 192 Å². The maximum Gasteiger partial charge on any atom is 0.157 e. The molecule has 5 atom stereocenters. The minimum atomic E-state index is -2.15. The summed E-state index contributed by atoms with van der Waals surface area (Å²) in [6.45, 7) is 1.71. The number of fused-ring (bicyclic) bond motifs is 2. The Morgan fingerprint density at radius 1 is 1.09 bits per heavy atom. The average molecular weight is 473 g/mol. The number of aryl methyl sites for hydroxylation is 1. The summed E-state index contributed by atoms with van der Waals surface area (Å²) in [7, 11) is 1.66. The van der Waals surface area contributed by atoms with Gasteiger partial charge < -0.3 is 9.67 Å². The summed E-state index contributed by atoms with van der Waals surface area (Å²) in [6.07, 6.45) is -6.82. The summed E-state index contributed by atoms with van der Waals surface area (Å²) in [5.74, 6) is -2.11. The second-order valence-corrected chi connectivity index (χ2v) is 8.90. The fraction of sp³-hybridized carbons (Fsp3) is 0.360. The first-order valence-corrected chi connectivity index (χ1v) is 10.8. The van der Waals surface area contributed by atoms with Crippen molar-refractivity contribution in [1.82, 2.24) is 9.55 Å². The molecule has 1 N–H and O–H groups in total. The first kappa shape index (κ1) is 22.5. The van der Waals surface area contributed by atoms with E-state index in [4.69, 9.17) is 0 Å². The first-order chi connectivity index (χ1) is 16.1. The Hall–Kier alpha value is -3.25. The second kappa shape index (κ2) is 7.91. The van der Waals surface area contributed by atoms with Crippen molar-refractivity contribution in [2.75, 3.05) is 0 Å². The standard InChI is InChI=1S/C25H20F5N3O/c1-10-32-9-20(33(10)2)23-17(27)5-13(15-7-19(29)25(34)22(15)23)14-6-18(28)24(30)16-4-12(26)3-11(8-31)21(14)16/h3-5,9,14,18-19,24-25,34H,6-7H2,1-2H3/t14-,18+,19-,24-,25-/m1/s1. The van der Waals surface area contributed by atoms with E-state index in [0.717, 1.165) is 18.2 Å². The van der Waals surface area contributed by atoms with Gasteiger partial charge in [0, 0.05) is 24.9 Å². The summed E-state index contributed by atoms with van der Waals surface area (Å²) in [6, 6.07) is 4.72. The predicted molar refractivity (Wildman–Crippen MR) is 113 cm³/mol. The summed E-state index contributed by atoms with van der Waals surface area (Å²) < 4.78 is 75.6. The van der Waals surface area contributed by atoms with Gasteiger partial charge in [-0.15, -0.1) is 0 Å². The number of imidazole rings is 1. The van der Waals surface area contributed by atoms with Crippen molar-refractivity contribution in [3.8, 4) is 17.3 Å². The van der Waals surface area contributed by atoms with Crippen molar-refractivity contribution >= 4 is 0 Å². The Balaban J connectivity index is 1.80. The third-order valence-electron chi connectivity index (χ3n) is 7.07. The number of hydrogen-bond acceptors (Lipinski definition) is 3. The molecule has 34 heavy (non-hydrogen) atoms. The number of benzene rings is 2. The van der Waals surface area contributed by atoms with Crippen LogP contribution in [-0.4, -0.2) is 27.0 Å². The van der Waals surface area contributed by atoms with Crippen LogP contribution in [0.15, 0.2) is 24.4 Å². The summed E-state index contributed by atoms with van der Waals surface area (Å²) >= 11 is 0. The van der Waals surface area contributed by atoms with Gasteiger partial charge in [0.15, 0.2) is 6.17 Å². The van der Waals surface area contributed by atoms with E-state index >= 15 is 4.39 Å². The van der Waals surface area contributed by atoms with Gasteiger partial charge in [0.1, 0.15) is 35.9 Å². The van der Waals surface area contributed by atoms with Crippen LogP contribution in [0.1, 0.15) is 63.8 Å². The Morgan fingerprint density at radius 3 is 2.47 bits per heavy atom. The van der Waals surface area contributed by atoms with Crippen LogP contribution in [0.5, 0.6) is 0 Å². The molecule has 0 fully saturated rings. The maximum absolute atomic E-state index is 15.7. The third kappa shape index (κ3) is 3.16. The van der Waals surface area contributed by atoms with Crippen LogP contribution >= 0.6 is 0 Å². The molecular weight excluding hydrogens is 453 g/mol. The molecule has 3 aromatic rings. The first-order valence-electron chi connectivity index (χ1n) is 10.8. The highest BCUT2D eigenvalue weighted by molar-refractivity contribution is 5.71. The molecule has 0 spiro atoms. The molecule has 176 valence electrons. The minimum absolute atomic E-state index is 0.00897. The molecule has 0 saturated heterocycles. The normalized spacial score (nSPS) is 25.7. The number of aromatic nitrogens is 2. The largest absolute Gasteiger partial charge is 0.385 e. The number of nitrogens with zero attached hydrogens (tertiary/aromatic N) is 3. The molecule has 0 amide bonds. The van der Waals surface area contributed by atoms with Gasteiger partial charge in [-0.05, 0) is 59.4 Å². The average Bonchev–Trinajstić information content (AvgIpc) is 3.28. The van der Waals surface area contributed by atoms with Crippen LogP contribution in [0.25, 0.3) is 11.3 Å². The van der Waals surface area contributed by atoms with Crippen LogP contribution in [0, 0.1) is 29.9 Å². The van der Waals surface area contributed by atoms with Crippen LogP contribution < -0.4 is 0 Å². The summed E-state index contributed by atoms with van der Waals surface area (Å²) in [5.41, 5.74) is 0.365. The Bertz CT molecular complexity index is 1360. The van der Waals surface area contributed by atoms with E-state index in [1.54, 1.807) is 18.5 Å². The third-order valence-corrected chi connectivity index (χ3v) is 7.07. The van der Waals surface area contributed by atoms with Crippen molar-refractivity contribution in [2.24, 2.45) is 7.05 Å². The zero-order chi connectivity index (χ0) is 24.5. The van der Waals surface area contributed by atoms with E-state index in [0.29, 0.717) is 11.5 Å². The molecule has 9 heteroatoms. The van der Waals surface area contributed by atoms with E-state index in [1.165, 1.54) is 6.20 Å². The lowest BCUT2D eigenvalue weighted by molar-refractivity contribution is 0.0927. The molecule has 2 aliphatic carbocycles. The zero-order valence-electron chi connectivity index (χ0n) is 18.3. The highest BCUT2D eigenvalue weighted by atomic mass is 19.2. The molecule has 2 aromatic carbocycles. The Kier molecular flexibility index (Phi) is 5.24. The molecule has 1 heterocycles. The smallest absolute Gasteiger partial charge is 0.157 e. The van der Waals surface area contributed by atoms with Crippen LogP contribution in [0.3, 0.4) is 0 Å². The highest BCUT2D eigenvalue weighted by Crippen LogP contribution is 2.51. The Morgan fingerprint density at radius 2 is 1.82 bits per heavy atom. The van der Waals surface area contributed by atoms with Gasteiger partial charge in [0.05, 0.1) is 23.5 Å². The molecule has 4 nitrogen and oxygen atoms in total. The number of aliphatic hydroxyl groups is 1. The van der Waals surface area contributed by atoms with Gasteiger partial charge in [-0.2, -0.15) is 5.26 Å². The van der Waals surface area contributed by atoms with E-state index in [9.17, 15) is 27.9 Å². The topological polar surface area (TPSA) is 61.8 Å². The number of rotatable bonds is 2. The van der Waals surface area contributed by atoms with Gasteiger partial charge in [-0.25, -0.2) is 26.9 Å². The quantitative estimate of drug-likeness (QED) is 0.510. The van der Waals surface area contributed by atoms with Gasteiger partial charge in [-0.3, -0.25) is 0 Å². The summed E-state index contributed by atoms with van der Waals surface area (Å²) in [5, 5.41) is 20.2. The van der Waals surface area contributed by atoms with Crippen LogP contribution in [-0.2, 0) is 13.5 Å². The lowest BCUT2D eigenvalue weighted by Gasteiger charge is -2.33. The van der Waals surface area contributed by atoms with Crippen LogP contribution in [0.2, 0.25) is 0 Å². The van der Waals surface area contributed by atoms with E-state index < -0.39 is 48.6 Å². The molecule has 2 aliphatic rings. The number of alkyl halides is 3. The minimum Gasteiger partial charge on any atom is -0.385 e. The monoisotopic (exact) mass is 473 g/mol. The van der Waals surface area contributed by atoms with Gasteiger partial charge in [0.25, 0.3) is 0 Å². The van der Waals surface area contributed by atoms with E-state index in [2.05, 4.69) is 4.98 Å². The van der Waals surface area contributed by atoms with Gasteiger partial charge in [0.2, 0.25) is 0 Å². The van der Waals surface area contributed by atoms with Crippen molar-refractivity contribution in [3.05, 3.63) is 75.2 Å². The molecule has 0 radical (unpaired) electrons. The molecule has 0 unspecified atom stereocenters. The molecule has 1 aromatic heterocycles. The molecule has 0 bridgehead atoms. The van der Waals surface area contributed by atoms with Crippen molar-refractivity contribution < 1.29 is 27.1 Å². The fourth-order valence-electron chi connectivity index (χ4n) is 5.37. The number of aliphatic hydroxyl groups excluding tert-OH is 1. The molecular formula is C25H20F5N3O. The summed E-state index contributed by atoms with van der Waals surface area (Å²) in [4.78, 5) is 4.15. The van der Waals surface area contributed by atoms with Crippen molar-refractivity contribution in [2.45, 2.75) is 50.3 Å². The maximum atomic E-state index is 15.7. The number of hydrogen-bond donors (Lipinski definition) is 1. The number of nitriles is 1. The number of halogens is 5. The van der Waals surface area contributed by atoms with E-state index in [1.807, 2.05) is 6.07 Å². The van der Waals surface area contributed by atoms with Crippen molar-refractivity contribution in [3.63, 3.8) is 0 Å². The highest BCUT2D eigenvalue weighted by Gasteiger charge is 2.43. The second-order valence-electron chi connectivity index (χ2n) is 8.90. The lowest BCUT2D eigenvalue weighted by Crippen LogP contribution is -2.25. The van der Waals surface area contributed by atoms with Crippen LogP contribution in [0.4, 0.5) is 22.0 Å². The fourth-order valence-corrected chi connectivity index (χ4v) is 5.37. The zero-order valence-corrected chi connectivity index (χ0v) is 18.3. The molecule has 0 saturated carbocycles. The van der Waals surface area contributed by atoms with E-state index in [-0.39, 0.29) is 45.4 Å². The van der Waals surface area contributed by atoms with Gasteiger partial charge in [-0.1, -0.05) is 0 Å². The lowest BCUT2D eigenvalue weighted by atomic mass is 9.73. The molecule has 5 rings (SSSR count). The van der Waals surface area contributed by atoms with Crippen molar-refractivity contribution in [1.29, 1.82) is 5.26 Å². The SMILES string of the molecule is Cc1ncc(-c2c(F)cc([C@H]3C[C@H](F)[C@H](F)c4cc(F)cc(C#N)c43)c3c2[C@H](O)[C@H](F)C3)n1C.